The number of amides is 2. The molecule has 0 aliphatic carbocycles. The van der Waals surface area contributed by atoms with Crippen LogP contribution in [0.3, 0.4) is 0 Å². The Hall–Kier alpha value is -3.25. The summed E-state index contributed by atoms with van der Waals surface area (Å²) in [6.45, 7) is 2.49. The Morgan fingerprint density at radius 1 is 0.889 bits per heavy atom. The molecular formula is C20H17ClN2O4. The van der Waals surface area contributed by atoms with E-state index in [9.17, 15) is 9.59 Å². The number of carbonyl (C=O) groups excluding carboxylic acids is 2. The normalized spacial score (nSPS) is 10.3. The molecule has 0 fully saturated rings. The van der Waals surface area contributed by atoms with Gasteiger partial charge in [-0.1, -0.05) is 0 Å². The minimum atomic E-state index is -0.423. The molecule has 3 aromatic rings. The number of hydrogen-bond acceptors (Lipinski definition) is 4. The van der Waals surface area contributed by atoms with Crippen molar-refractivity contribution < 1.29 is 18.7 Å². The summed E-state index contributed by atoms with van der Waals surface area (Å²) in [5.74, 6) is 0.175. The second-order valence-electron chi connectivity index (χ2n) is 5.55. The molecule has 2 N–H and O–H groups in total. The number of carbonyl (C=O) groups is 2. The molecule has 1 heterocycles. The SMILES string of the molecule is CCOc1ccc(NC(=O)c2ccc(NC(=O)c3ccc(Cl)o3)cc2)cc1. The Labute approximate surface area is 161 Å². The van der Waals surface area contributed by atoms with Gasteiger partial charge in [0.05, 0.1) is 6.61 Å². The number of benzene rings is 2. The second-order valence-corrected chi connectivity index (χ2v) is 5.92. The van der Waals surface area contributed by atoms with E-state index in [1.165, 1.54) is 12.1 Å². The van der Waals surface area contributed by atoms with Gasteiger partial charge in [-0.2, -0.15) is 0 Å². The molecule has 0 aliphatic rings. The maximum atomic E-state index is 12.3. The first kappa shape index (κ1) is 18.5. The van der Waals surface area contributed by atoms with Crippen LogP contribution >= 0.6 is 11.6 Å². The van der Waals surface area contributed by atoms with Gasteiger partial charge < -0.3 is 19.8 Å². The van der Waals surface area contributed by atoms with Crippen molar-refractivity contribution in [3.05, 3.63) is 77.2 Å². The van der Waals surface area contributed by atoms with Gasteiger partial charge >= 0.3 is 0 Å². The molecule has 138 valence electrons. The summed E-state index contributed by atoms with van der Waals surface area (Å²) in [7, 11) is 0. The van der Waals surface area contributed by atoms with E-state index in [1.807, 2.05) is 6.92 Å². The summed E-state index contributed by atoms with van der Waals surface area (Å²) >= 11 is 5.66. The number of halogens is 1. The lowest BCUT2D eigenvalue weighted by Gasteiger charge is -2.08. The summed E-state index contributed by atoms with van der Waals surface area (Å²) in [6, 6.07) is 16.6. The van der Waals surface area contributed by atoms with Gasteiger partial charge in [0, 0.05) is 16.9 Å². The quantitative estimate of drug-likeness (QED) is 0.637. The summed E-state index contributed by atoms with van der Waals surface area (Å²) in [6.07, 6.45) is 0. The van der Waals surface area contributed by atoms with Crippen molar-refractivity contribution in [3.63, 3.8) is 0 Å². The maximum Gasteiger partial charge on any atom is 0.291 e. The number of rotatable bonds is 6. The van der Waals surface area contributed by atoms with Crippen LogP contribution < -0.4 is 15.4 Å². The topological polar surface area (TPSA) is 80.6 Å². The van der Waals surface area contributed by atoms with E-state index >= 15 is 0 Å². The van der Waals surface area contributed by atoms with Crippen LogP contribution in [-0.4, -0.2) is 18.4 Å². The van der Waals surface area contributed by atoms with Gasteiger partial charge in [0.1, 0.15) is 5.75 Å². The third kappa shape index (κ3) is 4.89. The highest BCUT2D eigenvalue weighted by molar-refractivity contribution is 6.29. The van der Waals surface area contributed by atoms with E-state index < -0.39 is 5.91 Å². The molecule has 1 aromatic heterocycles. The molecule has 6 nitrogen and oxygen atoms in total. The number of nitrogens with one attached hydrogen (secondary N) is 2. The van der Waals surface area contributed by atoms with Crippen molar-refractivity contribution >= 4 is 34.8 Å². The lowest BCUT2D eigenvalue weighted by Crippen LogP contribution is -2.13. The van der Waals surface area contributed by atoms with E-state index in [0.717, 1.165) is 5.75 Å². The van der Waals surface area contributed by atoms with E-state index in [2.05, 4.69) is 10.6 Å². The molecule has 2 aromatic carbocycles. The number of hydrogen-bond donors (Lipinski definition) is 2. The first-order valence-corrected chi connectivity index (χ1v) is 8.64. The maximum absolute atomic E-state index is 12.3. The second kappa shape index (κ2) is 8.42. The number of anilines is 2. The van der Waals surface area contributed by atoms with Crippen LogP contribution in [0.5, 0.6) is 5.75 Å². The summed E-state index contributed by atoms with van der Waals surface area (Å²) in [4.78, 5) is 24.3. The van der Waals surface area contributed by atoms with Crippen LogP contribution in [-0.2, 0) is 0 Å². The van der Waals surface area contributed by atoms with Crippen LogP contribution in [0.1, 0.15) is 27.8 Å². The first-order valence-electron chi connectivity index (χ1n) is 8.26. The average molecular weight is 385 g/mol. The lowest BCUT2D eigenvalue weighted by atomic mass is 10.2. The molecule has 0 radical (unpaired) electrons. The van der Waals surface area contributed by atoms with Crippen molar-refractivity contribution in [3.8, 4) is 5.75 Å². The Morgan fingerprint density at radius 2 is 1.48 bits per heavy atom. The predicted molar refractivity (Wildman–Crippen MR) is 104 cm³/mol. The fourth-order valence-electron chi connectivity index (χ4n) is 2.34. The van der Waals surface area contributed by atoms with Gasteiger partial charge in [-0.05, 0) is 79.2 Å². The predicted octanol–water partition coefficient (Wildman–Crippen LogP) is 4.84. The van der Waals surface area contributed by atoms with E-state index in [-0.39, 0.29) is 16.9 Å². The molecule has 3 rings (SSSR count). The van der Waals surface area contributed by atoms with Crippen molar-refractivity contribution in [1.82, 2.24) is 0 Å². The van der Waals surface area contributed by atoms with E-state index in [1.54, 1.807) is 48.5 Å². The first-order chi connectivity index (χ1) is 13.0. The van der Waals surface area contributed by atoms with Crippen molar-refractivity contribution in [2.75, 3.05) is 17.2 Å². The van der Waals surface area contributed by atoms with E-state index in [4.69, 9.17) is 20.8 Å². The molecule has 0 saturated heterocycles. The van der Waals surface area contributed by atoms with Crippen molar-refractivity contribution in [2.24, 2.45) is 0 Å². The van der Waals surface area contributed by atoms with Gasteiger partial charge in [0.2, 0.25) is 0 Å². The lowest BCUT2D eigenvalue weighted by molar-refractivity contribution is 0.0995. The molecule has 0 atom stereocenters. The molecule has 7 heteroatoms. The fourth-order valence-corrected chi connectivity index (χ4v) is 2.48. The molecular weight excluding hydrogens is 368 g/mol. The third-order valence-electron chi connectivity index (χ3n) is 3.63. The Bertz CT molecular complexity index is 933. The van der Waals surface area contributed by atoms with Crippen molar-refractivity contribution in [2.45, 2.75) is 6.92 Å². The summed E-state index contributed by atoms with van der Waals surface area (Å²) in [5, 5.41) is 5.61. The standard InChI is InChI=1S/C20H17ClN2O4/c1-2-26-16-9-7-15(8-10-16)22-19(24)13-3-5-14(6-4-13)23-20(25)17-11-12-18(21)27-17/h3-12H,2H2,1H3,(H,22,24)(H,23,25). The molecule has 0 saturated carbocycles. The zero-order valence-electron chi connectivity index (χ0n) is 14.5. The van der Waals surface area contributed by atoms with Crippen LogP contribution in [0.25, 0.3) is 0 Å². The molecule has 0 bridgehead atoms. The van der Waals surface area contributed by atoms with Crippen LogP contribution in [0.4, 0.5) is 11.4 Å². The van der Waals surface area contributed by atoms with Gasteiger partial charge in [-0.25, -0.2) is 0 Å². The van der Waals surface area contributed by atoms with Gasteiger partial charge in [0.25, 0.3) is 11.8 Å². The van der Waals surface area contributed by atoms with Crippen LogP contribution in [0, 0.1) is 0 Å². The summed E-state index contributed by atoms with van der Waals surface area (Å²) in [5.41, 5.74) is 1.66. The van der Waals surface area contributed by atoms with Crippen molar-refractivity contribution in [1.29, 1.82) is 0 Å². The Kier molecular flexibility index (Phi) is 5.78. The highest BCUT2D eigenvalue weighted by atomic mass is 35.5. The van der Waals surface area contributed by atoms with Gasteiger partial charge in [0.15, 0.2) is 11.0 Å². The van der Waals surface area contributed by atoms with Crippen LogP contribution in [0.2, 0.25) is 5.22 Å². The number of furan rings is 1. The largest absolute Gasteiger partial charge is 0.494 e. The van der Waals surface area contributed by atoms with E-state index in [0.29, 0.717) is 23.5 Å². The molecule has 2 amide bonds. The highest BCUT2D eigenvalue weighted by Crippen LogP contribution is 2.18. The minimum Gasteiger partial charge on any atom is -0.494 e. The molecule has 0 aliphatic heterocycles. The molecule has 27 heavy (non-hydrogen) atoms. The Morgan fingerprint density at radius 3 is 2.04 bits per heavy atom. The monoisotopic (exact) mass is 384 g/mol. The summed E-state index contributed by atoms with van der Waals surface area (Å²) < 4.78 is 10.4. The third-order valence-corrected chi connectivity index (χ3v) is 3.83. The smallest absolute Gasteiger partial charge is 0.291 e. The molecule has 0 spiro atoms. The zero-order chi connectivity index (χ0) is 19.2. The minimum absolute atomic E-state index is 0.109. The average Bonchev–Trinajstić information content (AvgIpc) is 3.11. The Balaban J connectivity index is 1.60. The fraction of sp³-hybridized carbons (Fsp3) is 0.100. The number of ether oxygens (including phenoxy) is 1. The van der Waals surface area contributed by atoms with Gasteiger partial charge in [-0.3, -0.25) is 9.59 Å². The van der Waals surface area contributed by atoms with Gasteiger partial charge in [-0.15, -0.1) is 0 Å². The zero-order valence-corrected chi connectivity index (χ0v) is 15.2. The highest BCUT2D eigenvalue weighted by Gasteiger charge is 2.12. The molecule has 0 unspecified atom stereocenters. The van der Waals surface area contributed by atoms with Crippen LogP contribution in [0.15, 0.2) is 65.1 Å².